The molecule has 2 fully saturated rings. The van der Waals surface area contributed by atoms with Gasteiger partial charge in [-0.05, 0) is 45.7 Å². The van der Waals surface area contributed by atoms with Crippen LogP contribution in [0.25, 0.3) is 0 Å². The molecule has 0 aliphatic carbocycles. The molecule has 0 bridgehead atoms. The molecule has 2 aliphatic heterocycles. The van der Waals surface area contributed by atoms with Crippen LogP contribution in [-0.2, 0) is 4.74 Å². The van der Waals surface area contributed by atoms with Gasteiger partial charge in [0.2, 0.25) is 0 Å². The van der Waals surface area contributed by atoms with Gasteiger partial charge in [0.05, 0.1) is 36.2 Å². The van der Waals surface area contributed by atoms with E-state index in [1.54, 1.807) is 17.2 Å². The Morgan fingerprint density at radius 2 is 2.03 bits per heavy atom. The van der Waals surface area contributed by atoms with Gasteiger partial charge in [0.1, 0.15) is 10.8 Å². The number of hydrogen-bond donors (Lipinski definition) is 3. The van der Waals surface area contributed by atoms with E-state index in [9.17, 15) is 9.90 Å². The van der Waals surface area contributed by atoms with Crippen molar-refractivity contribution < 1.29 is 14.6 Å². The van der Waals surface area contributed by atoms with E-state index < -0.39 is 11.6 Å². The van der Waals surface area contributed by atoms with Crippen molar-refractivity contribution in [2.45, 2.75) is 55.1 Å². The maximum absolute atomic E-state index is 12.1. The molecule has 1 aromatic carbocycles. The summed E-state index contributed by atoms with van der Waals surface area (Å²) in [6.45, 7) is 8.22. The molecule has 2 aromatic rings. The van der Waals surface area contributed by atoms with Crippen molar-refractivity contribution in [2.24, 2.45) is 5.41 Å². The minimum Gasteiger partial charge on any atom is -0.465 e. The second kappa shape index (κ2) is 9.31. The summed E-state index contributed by atoms with van der Waals surface area (Å²) in [6.07, 6.45) is 2.41. The molecule has 1 amide bonds. The monoisotopic (exact) mass is 506 g/mol. The Hall–Kier alpha value is -2.43. The van der Waals surface area contributed by atoms with Gasteiger partial charge < -0.3 is 26.2 Å². The molecular formula is C23H31ClN6O3S. The number of halogens is 1. The standard InChI is InChI=1S/C23H31ClN6O3S/c1-22(2,3)30(21(31)32)16-12-33-13-23(16)7-9-29(10-8-23)17-11-27-20(19(26)28-17)34-15-6-4-5-14(25)18(15)24/h4-6,11,16H,7-10,12-13,25H2,1-3H3,(H2,26,28)(H,31,32). The lowest BCUT2D eigenvalue weighted by Crippen LogP contribution is -2.59. The van der Waals surface area contributed by atoms with Crippen LogP contribution in [0.15, 0.2) is 34.3 Å². The minimum absolute atomic E-state index is 0.176. The largest absolute Gasteiger partial charge is 0.465 e. The third-order valence-corrected chi connectivity index (χ3v) is 8.25. The number of amides is 1. The predicted octanol–water partition coefficient (Wildman–Crippen LogP) is 4.21. The van der Waals surface area contributed by atoms with Crippen molar-refractivity contribution in [3.05, 3.63) is 29.4 Å². The van der Waals surface area contributed by atoms with E-state index in [1.165, 1.54) is 11.8 Å². The Morgan fingerprint density at radius 1 is 1.32 bits per heavy atom. The zero-order valence-corrected chi connectivity index (χ0v) is 21.2. The molecule has 0 saturated carbocycles. The number of aromatic nitrogens is 2. The van der Waals surface area contributed by atoms with Gasteiger partial charge in [-0.1, -0.05) is 29.4 Å². The number of nitrogen functional groups attached to an aromatic ring is 2. The SMILES string of the molecule is CC(C)(C)N(C(=O)O)C1COCC12CCN(c1cnc(Sc3cccc(N)c3Cl)c(N)n1)CC2. The highest BCUT2D eigenvalue weighted by molar-refractivity contribution is 7.99. The lowest BCUT2D eigenvalue weighted by molar-refractivity contribution is 0.0233. The van der Waals surface area contributed by atoms with Crippen molar-refractivity contribution in [3.63, 3.8) is 0 Å². The summed E-state index contributed by atoms with van der Waals surface area (Å²) in [4.78, 5) is 25.7. The van der Waals surface area contributed by atoms with E-state index >= 15 is 0 Å². The summed E-state index contributed by atoms with van der Waals surface area (Å²) in [7, 11) is 0. The van der Waals surface area contributed by atoms with Gasteiger partial charge in [-0.25, -0.2) is 14.8 Å². The molecule has 0 radical (unpaired) electrons. The zero-order chi connectivity index (χ0) is 24.7. The third-order valence-electron chi connectivity index (χ3n) is 6.65. The molecule has 1 unspecified atom stereocenters. The number of hydrogen-bond acceptors (Lipinski definition) is 8. The van der Waals surface area contributed by atoms with Crippen molar-refractivity contribution in [1.82, 2.24) is 14.9 Å². The Kier molecular flexibility index (Phi) is 6.76. The number of nitrogens with two attached hydrogens (primary N) is 2. The van der Waals surface area contributed by atoms with E-state index in [0.29, 0.717) is 40.6 Å². The second-order valence-electron chi connectivity index (χ2n) is 9.88. The number of benzene rings is 1. The number of anilines is 3. The Bertz CT molecular complexity index is 1070. The maximum atomic E-state index is 12.1. The van der Waals surface area contributed by atoms with Crippen LogP contribution < -0.4 is 16.4 Å². The van der Waals surface area contributed by atoms with Crippen molar-refractivity contribution in [2.75, 3.05) is 42.7 Å². The third kappa shape index (κ3) is 4.71. The Labute approximate surface area is 208 Å². The van der Waals surface area contributed by atoms with Crippen LogP contribution in [0.2, 0.25) is 5.02 Å². The van der Waals surface area contributed by atoms with Gasteiger partial charge in [0.25, 0.3) is 0 Å². The first kappa shape index (κ1) is 24.7. The lowest BCUT2D eigenvalue weighted by atomic mass is 9.73. The fourth-order valence-corrected chi connectivity index (χ4v) is 5.93. The fourth-order valence-electron chi connectivity index (χ4n) is 4.87. The van der Waals surface area contributed by atoms with Gasteiger partial charge >= 0.3 is 6.09 Å². The zero-order valence-electron chi connectivity index (χ0n) is 19.6. The summed E-state index contributed by atoms with van der Waals surface area (Å²) in [5, 5.41) is 11.0. The topological polar surface area (TPSA) is 131 Å². The van der Waals surface area contributed by atoms with Crippen molar-refractivity contribution in [3.8, 4) is 0 Å². The highest BCUT2D eigenvalue weighted by Crippen LogP contribution is 2.45. The fraction of sp³-hybridized carbons (Fsp3) is 0.522. The lowest BCUT2D eigenvalue weighted by Gasteiger charge is -2.48. The van der Waals surface area contributed by atoms with Gasteiger partial charge in [-0.2, -0.15) is 0 Å². The Morgan fingerprint density at radius 3 is 2.65 bits per heavy atom. The molecule has 3 heterocycles. The number of carboxylic acid groups (broad SMARTS) is 1. The number of nitrogens with zero attached hydrogens (tertiary/aromatic N) is 4. The van der Waals surface area contributed by atoms with Crippen LogP contribution >= 0.6 is 23.4 Å². The van der Waals surface area contributed by atoms with Crippen LogP contribution in [0, 0.1) is 5.41 Å². The summed E-state index contributed by atoms with van der Waals surface area (Å²) < 4.78 is 5.83. The normalized spacial score (nSPS) is 20.0. The van der Waals surface area contributed by atoms with Crippen LogP contribution in [0.4, 0.5) is 22.1 Å². The van der Waals surface area contributed by atoms with E-state index in [-0.39, 0.29) is 11.5 Å². The van der Waals surface area contributed by atoms with Crippen LogP contribution in [0.5, 0.6) is 0 Å². The molecule has 1 aromatic heterocycles. The molecule has 1 atom stereocenters. The number of carbonyl (C=O) groups is 1. The molecule has 1 spiro atoms. The first-order valence-corrected chi connectivity index (χ1v) is 12.4. The minimum atomic E-state index is -0.906. The highest BCUT2D eigenvalue weighted by atomic mass is 35.5. The van der Waals surface area contributed by atoms with Crippen LogP contribution in [0.3, 0.4) is 0 Å². The molecule has 5 N–H and O–H groups in total. The molecule has 9 nitrogen and oxygen atoms in total. The first-order chi connectivity index (χ1) is 16.0. The van der Waals surface area contributed by atoms with Gasteiger partial charge in [0.15, 0.2) is 5.82 Å². The molecule has 184 valence electrons. The van der Waals surface area contributed by atoms with Gasteiger partial charge in [-0.3, -0.25) is 4.90 Å². The molecule has 34 heavy (non-hydrogen) atoms. The summed E-state index contributed by atoms with van der Waals surface area (Å²) in [6, 6.07) is 5.26. The second-order valence-corrected chi connectivity index (χ2v) is 11.3. The average Bonchev–Trinajstić information content (AvgIpc) is 3.14. The summed E-state index contributed by atoms with van der Waals surface area (Å²) in [5.41, 5.74) is 11.9. The molecule has 2 aliphatic rings. The van der Waals surface area contributed by atoms with Gasteiger partial charge in [-0.15, -0.1) is 0 Å². The first-order valence-electron chi connectivity index (χ1n) is 11.2. The molecular weight excluding hydrogens is 476 g/mol. The van der Waals surface area contributed by atoms with Crippen LogP contribution in [-0.4, -0.2) is 64.0 Å². The number of piperidine rings is 1. The van der Waals surface area contributed by atoms with E-state index in [1.807, 2.05) is 32.9 Å². The summed E-state index contributed by atoms with van der Waals surface area (Å²) in [5.74, 6) is 1.03. The molecule has 4 rings (SSSR count). The van der Waals surface area contributed by atoms with Gasteiger partial charge in [0, 0.05) is 28.9 Å². The predicted molar refractivity (Wildman–Crippen MR) is 135 cm³/mol. The van der Waals surface area contributed by atoms with E-state index in [4.69, 9.17) is 27.8 Å². The van der Waals surface area contributed by atoms with E-state index in [2.05, 4.69) is 14.9 Å². The molecule has 11 heteroatoms. The number of rotatable bonds is 4. The molecule has 2 saturated heterocycles. The average molecular weight is 507 g/mol. The maximum Gasteiger partial charge on any atom is 0.408 e. The van der Waals surface area contributed by atoms with Crippen molar-refractivity contribution in [1.29, 1.82) is 0 Å². The number of ether oxygens (including phenoxy) is 1. The smallest absolute Gasteiger partial charge is 0.408 e. The van der Waals surface area contributed by atoms with Crippen LogP contribution in [0.1, 0.15) is 33.6 Å². The summed E-state index contributed by atoms with van der Waals surface area (Å²) >= 11 is 7.62. The van der Waals surface area contributed by atoms with Crippen molar-refractivity contribution >= 4 is 46.8 Å². The highest BCUT2D eigenvalue weighted by Gasteiger charge is 2.52. The van der Waals surface area contributed by atoms with E-state index in [0.717, 1.165) is 30.8 Å². The Balaban J connectivity index is 1.47. The quantitative estimate of drug-likeness (QED) is 0.521.